The first-order valence-electron chi connectivity index (χ1n) is 3.45. The van der Waals surface area contributed by atoms with Crippen molar-refractivity contribution in [2.24, 2.45) is 0 Å². The molecule has 0 saturated carbocycles. The molecule has 0 bridgehead atoms. The summed E-state index contributed by atoms with van der Waals surface area (Å²) in [5.74, 6) is 0. The van der Waals surface area contributed by atoms with E-state index in [-0.39, 0.29) is 13.0 Å². The van der Waals surface area contributed by atoms with Crippen LogP contribution in [0.25, 0.3) is 0 Å². The molecule has 1 saturated heterocycles. The van der Waals surface area contributed by atoms with E-state index in [0.29, 0.717) is 0 Å². The third kappa shape index (κ3) is 1.88. The average Bonchev–Trinajstić information content (AvgIpc) is 1.97. The largest absolute Gasteiger partial charge is 0.394 e. The van der Waals surface area contributed by atoms with Crippen molar-refractivity contribution in [3.8, 4) is 0 Å². The lowest BCUT2D eigenvalue weighted by Gasteiger charge is -2.33. The Morgan fingerprint density at radius 3 is 2.36 bits per heavy atom. The van der Waals surface area contributed by atoms with Gasteiger partial charge in [0.2, 0.25) is 0 Å². The van der Waals surface area contributed by atoms with Gasteiger partial charge < -0.3 is 25.2 Å². The van der Waals surface area contributed by atoms with Crippen molar-refractivity contribution >= 4 is 0 Å². The fourth-order valence-electron chi connectivity index (χ4n) is 1.04. The second-order valence-electron chi connectivity index (χ2n) is 2.62. The number of hydrogen-bond donors (Lipinski definition) is 4. The van der Waals surface area contributed by atoms with Crippen LogP contribution in [0.3, 0.4) is 0 Å². The van der Waals surface area contributed by atoms with Crippen LogP contribution in [-0.2, 0) is 4.74 Å². The number of hydrogen-bond acceptors (Lipinski definition) is 5. The summed E-state index contributed by atoms with van der Waals surface area (Å²) < 4.78 is 4.67. The lowest BCUT2D eigenvalue weighted by molar-refractivity contribution is -0.251. The van der Waals surface area contributed by atoms with Crippen molar-refractivity contribution in [1.29, 1.82) is 0 Å². The van der Waals surface area contributed by atoms with Crippen LogP contribution in [0.15, 0.2) is 0 Å². The van der Waals surface area contributed by atoms with Gasteiger partial charge in [0, 0.05) is 6.42 Å². The maximum absolute atomic E-state index is 9.10. The molecule has 1 fully saturated rings. The number of aliphatic hydroxyl groups excluding tert-OH is 4. The highest BCUT2D eigenvalue weighted by molar-refractivity contribution is 4.79. The third-order valence-electron chi connectivity index (χ3n) is 1.74. The van der Waals surface area contributed by atoms with E-state index in [0.717, 1.165) is 0 Å². The molecule has 1 heterocycles. The SMILES string of the molecule is OC[C@@H]1O[C@H](O)[C@@H](O)C[C@@H]1O. The van der Waals surface area contributed by atoms with Gasteiger partial charge in [-0.3, -0.25) is 0 Å². The van der Waals surface area contributed by atoms with Crippen LogP contribution in [0.5, 0.6) is 0 Å². The van der Waals surface area contributed by atoms with Crippen LogP contribution in [0.4, 0.5) is 0 Å². The number of aliphatic hydroxyl groups is 4. The van der Waals surface area contributed by atoms with E-state index >= 15 is 0 Å². The fraction of sp³-hybridized carbons (Fsp3) is 1.00. The number of ether oxygens (including phenoxy) is 1. The minimum Gasteiger partial charge on any atom is -0.394 e. The summed E-state index contributed by atoms with van der Waals surface area (Å²) in [4.78, 5) is 0. The standard InChI is InChI=1S/C6H12O5/c7-2-5-3(8)1-4(9)6(10)11-5/h3-10H,1-2H2/t3-,4-,5-,6-/m0/s1. The smallest absolute Gasteiger partial charge is 0.181 e. The Kier molecular flexibility index (Phi) is 2.80. The van der Waals surface area contributed by atoms with Crippen molar-refractivity contribution in [2.75, 3.05) is 6.61 Å². The van der Waals surface area contributed by atoms with Gasteiger partial charge in [-0.1, -0.05) is 0 Å². The zero-order valence-corrected chi connectivity index (χ0v) is 5.92. The van der Waals surface area contributed by atoms with Crippen molar-refractivity contribution in [3.63, 3.8) is 0 Å². The monoisotopic (exact) mass is 164 g/mol. The summed E-state index contributed by atoms with van der Waals surface area (Å²) in [7, 11) is 0. The summed E-state index contributed by atoms with van der Waals surface area (Å²) >= 11 is 0. The van der Waals surface area contributed by atoms with Crippen LogP contribution in [0.2, 0.25) is 0 Å². The third-order valence-corrected chi connectivity index (χ3v) is 1.74. The molecule has 1 rings (SSSR count). The summed E-state index contributed by atoms with van der Waals surface area (Å²) in [6, 6.07) is 0. The molecule has 5 heteroatoms. The average molecular weight is 164 g/mol. The molecule has 1 aliphatic rings. The molecule has 11 heavy (non-hydrogen) atoms. The molecule has 4 N–H and O–H groups in total. The molecule has 66 valence electrons. The van der Waals surface area contributed by atoms with Crippen molar-refractivity contribution in [2.45, 2.75) is 31.0 Å². The van der Waals surface area contributed by atoms with Crippen molar-refractivity contribution in [1.82, 2.24) is 0 Å². The molecule has 5 nitrogen and oxygen atoms in total. The van der Waals surface area contributed by atoms with Gasteiger partial charge in [0.05, 0.1) is 12.7 Å². The van der Waals surface area contributed by atoms with Crippen molar-refractivity contribution < 1.29 is 25.2 Å². The van der Waals surface area contributed by atoms with E-state index in [1.165, 1.54) is 0 Å². The van der Waals surface area contributed by atoms with Crippen molar-refractivity contribution in [3.05, 3.63) is 0 Å². The summed E-state index contributed by atoms with van der Waals surface area (Å²) in [5.41, 5.74) is 0. The molecule has 0 aromatic carbocycles. The molecule has 0 aliphatic carbocycles. The Bertz CT molecular complexity index is 128. The lowest BCUT2D eigenvalue weighted by atomic mass is 10.0. The van der Waals surface area contributed by atoms with Gasteiger partial charge in [-0.25, -0.2) is 0 Å². The summed E-state index contributed by atoms with van der Waals surface area (Å²) in [6.45, 7) is -0.356. The minimum atomic E-state index is -1.30. The molecule has 0 unspecified atom stereocenters. The Balaban J connectivity index is 2.48. The maximum Gasteiger partial charge on any atom is 0.181 e. The van der Waals surface area contributed by atoms with E-state index in [1.807, 2.05) is 0 Å². The Morgan fingerprint density at radius 1 is 1.18 bits per heavy atom. The molecule has 0 radical (unpaired) electrons. The van der Waals surface area contributed by atoms with Gasteiger partial charge in [0.25, 0.3) is 0 Å². The van der Waals surface area contributed by atoms with E-state index in [4.69, 9.17) is 20.4 Å². The van der Waals surface area contributed by atoms with Gasteiger partial charge in [-0.2, -0.15) is 0 Å². The van der Waals surface area contributed by atoms with E-state index in [9.17, 15) is 0 Å². The first kappa shape index (κ1) is 8.89. The highest BCUT2D eigenvalue weighted by Gasteiger charge is 2.34. The summed E-state index contributed by atoms with van der Waals surface area (Å²) in [6.07, 6.45) is -4.01. The first-order chi connectivity index (χ1) is 5.15. The molecular formula is C6H12O5. The van der Waals surface area contributed by atoms with E-state index < -0.39 is 24.6 Å². The zero-order valence-electron chi connectivity index (χ0n) is 5.92. The maximum atomic E-state index is 9.10. The van der Waals surface area contributed by atoms with Crippen LogP contribution in [0, 0.1) is 0 Å². The molecule has 0 aromatic rings. The van der Waals surface area contributed by atoms with E-state index in [2.05, 4.69) is 4.74 Å². The second-order valence-corrected chi connectivity index (χ2v) is 2.62. The predicted molar refractivity (Wildman–Crippen MR) is 34.6 cm³/mol. The van der Waals surface area contributed by atoms with Crippen LogP contribution in [-0.4, -0.2) is 51.6 Å². The van der Waals surface area contributed by atoms with Crippen LogP contribution >= 0.6 is 0 Å². The highest BCUT2D eigenvalue weighted by atomic mass is 16.6. The Labute approximate surface area is 63.8 Å². The predicted octanol–water partition coefficient (Wildman–Crippen LogP) is -2.19. The second kappa shape index (κ2) is 3.46. The van der Waals surface area contributed by atoms with E-state index in [1.54, 1.807) is 0 Å². The molecule has 0 spiro atoms. The minimum absolute atomic E-state index is 0.0341. The van der Waals surface area contributed by atoms with Gasteiger partial charge in [-0.05, 0) is 0 Å². The molecule has 0 amide bonds. The van der Waals surface area contributed by atoms with Gasteiger partial charge in [-0.15, -0.1) is 0 Å². The molecule has 1 aliphatic heterocycles. The molecule has 0 aromatic heterocycles. The van der Waals surface area contributed by atoms with Crippen LogP contribution < -0.4 is 0 Å². The highest BCUT2D eigenvalue weighted by Crippen LogP contribution is 2.18. The fourth-order valence-corrected chi connectivity index (χ4v) is 1.04. The Hall–Kier alpha value is -0.200. The van der Waals surface area contributed by atoms with Gasteiger partial charge in [0.15, 0.2) is 6.29 Å². The van der Waals surface area contributed by atoms with Crippen LogP contribution in [0.1, 0.15) is 6.42 Å². The first-order valence-corrected chi connectivity index (χ1v) is 3.45. The van der Waals surface area contributed by atoms with Gasteiger partial charge >= 0.3 is 0 Å². The molecular weight excluding hydrogens is 152 g/mol. The van der Waals surface area contributed by atoms with Gasteiger partial charge in [0.1, 0.15) is 12.2 Å². The quantitative estimate of drug-likeness (QED) is 0.353. The summed E-state index contributed by atoms with van der Waals surface area (Å²) in [5, 5.41) is 35.5. The number of rotatable bonds is 1. The Morgan fingerprint density at radius 2 is 1.82 bits per heavy atom. The zero-order chi connectivity index (χ0) is 8.43. The lowest BCUT2D eigenvalue weighted by Crippen LogP contribution is -2.48. The molecule has 4 atom stereocenters. The topological polar surface area (TPSA) is 90.2 Å². The normalized spacial score (nSPS) is 45.8.